The van der Waals surface area contributed by atoms with Crippen molar-refractivity contribution in [1.82, 2.24) is 0 Å². The molecule has 0 atom stereocenters. The fourth-order valence-electron chi connectivity index (χ4n) is 2.13. The summed E-state index contributed by atoms with van der Waals surface area (Å²) in [6, 6.07) is 14.3. The Morgan fingerprint density at radius 2 is 1.71 bits per heavy atom. The lowest BCUT2D eigenvalue weighted by molar-refractivity contribution is -0.119. The third-order valence-corrected chi connectivity index (χ3v) is 3.42. The molecule has 2 aromatic rings. The third kappa shape index (κ3) is 4.49. The number of ether oxygens (including phenoxy) is 1. The summed E-state index contributed by atoms with van der Waals surface area (Å²) < 4.78 is 5.07. The summed E-state index contributed by atoms with van der Waals surface area (Å²) >= 11 is 0. The Bertz CT molecular complexity index is 712. The maximum atomic E-state index is 12.1. The van der Waals surface area contributed by atoms with Crippen molar-refractivity contribution >= 4 is 28.9 Å². The molecule has 0 spiro atoms. The molecule has 0 aromatic heterocycles. The van der Waals surface area contributed by atoms with Crippen molar-refractivity contribution in [2.45, 2.75) is 0 Å². The van der Waals surface area contributed by atoms with Crippen LogP contribution in [0.3, 0.4) is 0 Å². The summed E-state index contributed by atoms with van der Waals surface area (Å²) in [7, 11) is 5.60. The molecule has 0 unspecified atom stereocenters. The molecule has 2 aromatic carbocycles. The van der Waals surface area contributed by atoms with E-state index in [0.717, 1.165) is 5.69 Å². The van der Waals surface area contributed by atoms with E-state index in [2.05, 4.69) is 10.6 Å². The molecule has 0 aliphatic heterocycles. The molecule has 0 bridgehead atoms. The maximum absolute atomic E-state index is 12.1. The number of nitrogens with one attached hydrogen (secondary N) is 2. The van der Waals surface area contributed by atoms with Crippen LogP contribution in [0.2, 0.25) is 0 Å². The van der Waals surface area contributed by atoms with Crippen LogP contribution in [0.5, 0.6) is 0 Å². The number of anilines is 3. The molecule has 0 saturated heterocycles. The number of benzene rings is 2. The number of carbonyl (C=O) groups excluding carboxylic acids is 2. The van der Waals surface area contributed by atoms with E-state index in [4.69, 9.17) is 4.74 Å². The van der Waals surface area contributed by atoms with Gasteiger partial charge in [-0.2, -0.15) is 0 Å². The SMILES string of the molecule is CNc1ccccc1C(=O)OCC(=O)Nc1ccc(N(C)C)cc1. The van der Waals surface area contributed by atoms with Gasteiger partial charge in [0.25, 0.3) is 5.91 Å². The van der Waals surface area contributed by atoms with E-state index in [1.807, 2.05) is 37.2 Å². The van der Waals surface area contributed by atoms with Crippen LogP contribution in [-0.2, 0) is 9.53 Å². The van der Waals surface area contributed by atoms with Gasteiger partial charge >= 0.3 is 5.97 Å². The van der Waals surface area contributed by atoms with E-state index in [1.54, 1.807) is 37.4 Å². The van der Waals surface area contributed by atoms with Gasteiger partial charge in [0.05, 0.1) is 5.56 Å². The normalized spacial score (nSPS) is 9.96. The highest BCUT2D eigenvalue weighted by molar-refractivity contribution is 5.98. The summed E-state index contributed by atoms with van der Waals surface area (Å²) in [5.74, 6) is -0.930. The molecule has 0 aliphatic carbocycles. The molecule has 6 heteroatoms. The zero-order valence-corrected chi connectivity index (χ0v) is 14.0. The van der Waals surface area contributed by atoms with Gasteiger partial charge in [0.1, 0.15) is 0 Å². The van der Waals surface area contributed by atoms with Crippen LogP contribution < -0.4 is 15.5 Å². The second kappa shape index (κ2) is 8.01. The van der Waals surface area contributed by atoms with E-state index < -0.39 is 5.97 Å². The molecule has 0 aliphatic rings. The minimum absolute atomic E-state index is 0.341. The predicted octanol–water partition coefficient (Wildman–Crippen LogP) is 2.59. The van der Waals surface area contributed by atoms with Crippen molar-refractivity contribution in [2.75, 3.05) is 43.3 Å². The van der Waals surface area contributed by atoms with E-state index in [9.17, 15) is 9.59 Å². The van der Waals surface area contributed by atoms with Crippen LogP contribution in [0.1, 0.15) is 10.4 Å². The Balaban J connectivity index is 1.89. The average molecular weight is 327 g/mol. The van der Waals surface area contributed by atoms with Crippen LogP contribution >= 0.6 is 0 Å². The smallest absolute Gasteiger partial charge is 0.340 e. The Kier molecular flexibility index (Phi) is 5.78. The fraction of sp³-hybridized carbons (Fsp3) is 0.222. The summed E-state index contributed by atoms with van der Waals surface area (Å²) in [5, 5.41) is 5.61. The fourth-order valence-corrected chi connectivity index (χ4v) is 2.13. The maximum Gasteiger partial charge on any atom is 0.340 e. The number of carbonyl (C=O) groups is 2. The van der Waals surface area contributed by atoms with Crippen molar-refractivity contribution in [2.24, 2.45) is 0 Å². The monoisotopic (exact) mass is 327 g/mol. The van der Waals surface area contributed by atoms with Gasteiger partial charge in [0, 0.05) is 38.2 Å². The molecule has 2 N–H and O–H groups in total. The Labute approximate surface area is 141 Å². The van der Waals surface area contributed by atoms with Gasteiger partial charge in [-0.15, -0.1) is 0 Å². The zero-order valence-electron chi connectivity index (χ0n) is 14.0. The van der Waals surface area contributed by atoms with Crippen LogP contribution in [0.25, 0.3) is 0 Å². The first-order valence-electron chi connectivity index (χ1n) is 7.52. The number of amides is 1. The van der Waals surface area contributed by atoms with Crippen molar-refractivity contribution < 1.29 is 14.3 Å². The summed E-state index contributed by atoms with van der Waals surface area (Å²) in [4.78, 5) is 25.9. The number of hydrogen-bond donors (Lipinski definition) is 2. The number of esters is 1. The van der Waals surface area contributed by atoms with Crippen molar-refractivity contribution in [3.8, 4) is 0 Å². The molecule has 24 heavy (non-hydrogen) atoms. The van der Waals surface area contributed by atoms with E-state index in [0.29, 0.717) is 16.9 Å². The van der Waals surface area contributed by atoms with Gasteiger partial charge in [0.15, 0.2) is 6.61 Å². The molecule has 6 nitrogen and oxygen atoms in total. The first-order valence-corrected chi connectivity index (χ1v) is 7.52. The van der Waals surface area contributed by atoms with E-state index in [-0.39, 0.29) is 12.5 Å². The molecule has 126 valence electrons. The largest absolute Gasteiger partial charge is 0.452 e. The summed E-state index contributed by atoms with van der Waals surface area (Å²) in [6.07, 6.45) is 0. The van der Waals surface area contributed by atoms with Gasteiger partial charge in [0.2, 0.25) is 0 Å². The molecule has 2 rings (SSSR count). The Morgan fingerprint density at radius 3 is 2.33 bits per heavy atom. The van der Waals surface area contributed by atoms with Crippen molar-refractivity contribution in [1.29, 1.82) is 0 Å². The third-order valence-electron chi connectivity index (χ3n) is 3.42. The highest BCUT2D eigenvalue weighted by Crippen LogP contribution is 2.16. The summed E-state index contributed by atoms with van der Waals surface area (Å²) in [5.41, 5.74) is 2.73. The number of para-hydroxylation sites is 1. The Hall–Kier alpha value is -3.02. The van der Waals surface area contributed by atoms with Gasteiger partial charge < -0.3 is 20.3 Å². The predicted molar refractivity (Wildman–Crippen MR) is 95.7 cm³/mol. The molecular formula is C18H21N3O3. The first-order chi connectivity index (χ1) is 11.5. The number of rotatable bonds is 6. The molecule has 1 amide bonds. The molecule has 0 radical (unpaired) electrons. The van der Waals surface area contributed by atoms with Gasteiger partial charge in [-0.25, -0.2) is 4.79 Å². The first kappa shape index (κ1) is 17.3. The lowest BCUT2D eigenvalue weighted by atomic mass is 10.2. The van der Waals surface area contributed by atoms with Gasteiger partial charge in [-0.05, 0) is 36.4 Å². The topological polar surface area (TPSA) is 70.7 Å². The average Bonchev–Trinajstić information content (AvgIpc) is 2.60. The lowest BCUT2D eigenvalue weighted by Crippen LogP contribution is -2.21. The molecule has 0 heterocycles. The number of hydrogen-bond acceptors (Lipinski definition) is 5. The van der Waals surface area contributed by atoms with Gasteiger partial charge in [-0.3, -0.25) is 4.79 Å². The molecule has 0 saturated carbocycles. The second-order valence-corrected chi connectivity index (χ2v) is 5.36. The molecule has 0 fully saturated rings. The summed E-state index contributed by atoms with van der Waals surface area (Å²) in [6.45, 7) is -0.341. The van der Waals surface area contributed by atoms with Crippen LogP contribution in [0.4, 0.5) is 17.1 Å². The number of nitrogens with zero attached hydrogens (tertiary/aromatic N) is 1. The van der Waals surface area contributed by atoms with Gasteiger partial charge in [-0.1, -0.05) is 12.1 Å². The van der Waals surface area contributed by atoms with E-state index >= 15 is 0 Å². The minimum atomic E-state index is -0.543. The Morgan fingerprint density at radius 1 is 1.04 bits per heavy atom. The lowest BCUT2D eigenvalue weighted by Gasteiger charge is -2.13. The van der Waals surface area contributed by atoms with Crippen molar-refractivity contribution in [3.63, 3.8) is 0 Å². The second-order valence-electron chi connectivity index (χ2n) is 5.36. The standard InChI is InChI=1S/C18H21N3O3/c1-19-16-7-5-4-6-15(16)18(23)24-12-17(22)20-13-8-10-14(11-9-13)21(2)3/h4-11,19H,12H2,1-3H3,(H,20,22). The highest BCUT2D eigenvalue weighted by atomic mass is 16.5. The molecular weight excluding hydrogens is 306 g/mol. The van der Waals surface area contributed by atoms with Crippen molar-refractivity contribution in [3.05, 3.63) is 54.1 Å². The van der Waals surface area contributed by atoms with Crippen LogP contribution in [0, 0.1) is 0 Å². The van der Waals surface area contributed by atoms with Crippen LogP contribution in [-0.4, -0.2) is 39.6 Å². The van der Waals surface area contributed by atoms with Crippen LogP contribution in [0.15, 0.2) is 48.5 Å². The minimum Gasteiger partial charge on any atom is -0.452 e. The quantitative estimate of drug-likeness (QED) is 0.798. The highest BCUT2D eigenvalue weighted by Gasteiger charge is 2.13. The zero-order chi connectivity index (χ0) is 17.5. The van der Waals surface area contributed by atoms with E-state index in [1.165, 1.54) is 0 Å².